The lowest BCUT2D eigenvalue weighted by molar-refractivity contribution is -0.143. The molecule has 0 aromatic heterocycles. The summed E-state index contributed by atoms with van der Waals surface area (Å²) in [6.45, 7) is 3.53. The van der Waals surface area contributed by atoms with E-state index in [2.05, 4.69) is 0 Å². The molecule has 0 saturated carbocycles. The fourth-order valence-electron chi connectivity index (χ4n) is 5.33. The van der Waals surface area contributed by atoms with Crippen molar-refractivity contribution in [2.24, 2.45) is 5.92 Å². The van der Waals surface area contributed by atoms with Crippen molar-refractivity contribution in [1.29, 1.82) is 0 Å². The van der Waals surface area contributed by atoms with Gasteiger partial charge in [0.2, 0.25) is 5.91 Å². The minimum atomic E-state index is -5.01. The number of benzene rings is 2. The van der Waals surface area contributed by atoms with Crippen LogP contribution in [0, 0.1) is 18.7 Å². The fraction of sp³-hybridized carbons (Fsp3) is 0.519. The third-order valence-electron chi connectivity index (χ3n) is 7.20. The van der Waals surface area contributed by atoms with E-state index in [9.17, 15) is 43.9 Å². The monoisotopic (exact) mass is 632 g/mol. The van der Waals surface area contributed by atoms with Crippen LogP contribution in [0.3, 0.4) is 0 Å². The largest absolute Gasteiger partial charge is 0.416 e. The number of sulfone groups is 1. The van der Waals surface area contributed by atoms with Crippen LogP contribution in [0.5, 0.6) is 0 Å². The zero-order valence-electron chi connectivity index (χ0n) is 22.8. The normalized spacial score (nSPS) is 19.4. The highest BCUT2D eigenvalue weighted by molar-refractivity contribution is 7.90. The Kier molecular flexibility index (Phi) is 10.9. The lowest BCUT2D eigenvalue weighted by atomic mass is 9.78. The molecule has 1 aliphatic rings. The lowest BCUT2D eigenvalue weighted by Crippen LogP contribution is -2.50. The number of halogens is 8. The van der Waals surface area contributed by atoms with Crippen molar-refractivity contribution in [3.63, 3.8) is 0 Å². The molecule has 3 rings (SSSR count). The average molecular weight is 633 g/mol. The van der Waals surface area contributed by atoms with Gasteiger partial charge in [0.25, 0.3) is 0 Å². The number of hydrogen-bond acceptors (Lipinski definition) is 4. The molecule has 1 amide bonds. The second kappa shape index (κ2) is 12.9. The molecule has 1 unspecified atom stereocenters. The summed E-state index contributed by atoms with van der Waals surface area (Å²) in [5.74, 6) is -2.32. The first-order valence-corrected chi connectivity index (χ1v) is 14.5. The Morgan fingerprint density at radius 2 is 1.61 bits per heavy atom. The predicted octanol–water partition coefficient (Wildman–Crippen LogP) is 6.09. The van der Waals surface area contributed by atoms with Gasteiger partial charge in [-0.2, -0.15) is 26.3 Å². The van der Waals surface area contributed by atoms with Crippen molar-refractivity contribution < 1.29 is 43.9 Å². The molecule has 1 saturated heterocycles. The molecule has 3 atom stereocenters. The number of hydrogen-bond donors (Lipinski definition) is 0. The van der Waals surface area contributed by atoms with Crippen molar-refractivity contribution in [3.8, 4) is 0 Å². The van der Waals surface area contributed by atoms with Crippen LogP contribution in [0.4, 0.5) is 30.7 Å². The summed E-state index contributed by atoms with van der Waals surface area (Å²) in [6.07, 6.45) is -8.65. The molecule has 0 spiro atoms. The summed E-state index contributed by atoms with van der Waals surface area (Å²) in [5, 5.41) is 0. The molecule has 0 radical (unpaired) electrons. The van der Waals surface area contributed by atoms with E-state index < -0.39 is 63.4 Å². The summed E-state index contributed by atoms with van der Waals surface area (Å²) in [6, 6.07) is 4.94. The van der Waals surface area contributed by atoms with Crippen LogP contribution in [0.1, 0.15) is 47.1 Å². The van der Waals surface area contributed by atoms with E-state index in [1.54, 1.807) is 19.9 Å². The van der Waals surface area contributed by atoms with Crippen LogP contribution >= 0.6 is 12.4 Å². The van der Waals surface area contributed by atoms with Gasteiger partial charge in [-0.1, -0.05) is 6.07 Å². The maximum atomic E-state index is 13.9. The second-order valence-corrected chi connectivity index (χ2v) is 12.7. The molecule has 0 aliphatic carbocycles. The maximum absolute atomic E-state index is 13.9. The van der Waals surface area contributed by atoms with Gasteiger partial charge in [0, 0.05) is 44.3 Å². The number of alkyl halides is 6. The van der Waals surface area contributed by atoms with Gasteiger partial charge in [0.1, 0.15) is 15.7 Å². The number of carbonyl (C=O) groups is 1. The highest BCUT2D eigenvalue weighted by Crippen LogP contribution is 2.38. The number of nitrogens with zero attached hydrogens (tertiary/aromatic N) is 2. The first-order chi connectivity index (χ1) is 18.3. The van der Waals surface area contributed by atoms with Crippen LogP contribution in [0.2, 0.25) is 0 Å². The Morgan fingerprint density at radius 1 is 1.05 bits per heavy atom. The minimum Gasteiger partial charge on any atom is -0.341 e. The Balaban J connectivity index is 0.00000588. The van der Waals surface area contributed by atoms with Gasteiger partial charge >= 0.3 is 12.4 Å². The van der Waals surface area contributed by atoms with Gasteiger partial charge in [-0.3, -0.25) is 9.69 Å². The maximum Gasteiger partial charge on any atom is 0.416 e. The third kappa shape index (κ3) is 9.05. The SMILES string of the molecule is Cc1cc(F)ccc1[C@@H]1CN(C(C)CS(C)(=O)=O)CC[C@H]1C(=O)N(C)Cc1cc(C(F)(F)F)cc(C(F)(F)F)c1.Cl. The van der Waals surface area contributed by atoms with E-state index in [4.69, 9.17) is 0 Å². The number of amides is 1. The summed E-state index contributed by atoms with van der Waals surface area (Å²) in [4.78, 5) is 16.6. The molecule has 2 aromatic carbocycles. The van der Waals surface area contributed by atoms with Crippen LogP contribution in [-0.2, 0) is 33.5 Å². The van der Waals surface area contributed by atoms with Gasteiger partial charge in [0.05, 0.1) is 16.9 Å². The zero-order chi connectivity index (χ0) is 30.2. The standard InChI is InChI=1S/C27H31F7N2O3S.ClH/c1-16-9-21(28)5-6-22(16)24-14-36(17(2)15-40(4,38)39)8-7-23(24)25(37)35(3)13-18-10-19(26(29,30)31)12-20(11-18)27(32,33)34;/h5-6,9-12,17,23-24H,7-8,13-15H2,1-4H3;1H/t17?,23-,24+;/m1./s1. The van der Waals surface area contributed by atoms with Gasteiger partial charge in [-0.05, 0) is 73.8 Å². The number of piperidine rings is 1. The minimum absolute atomic E-state index is 0. The van der Waals surface area contributed by atoms with Crippen molar-refractivity contribution in [1.82, 2.24) is 9.80 Å². The van der Waals surface area contributed by atoms with E-state index in [0.717, 1.165) is 11.2 Å². The number of carbonyl (C=O) groups excluding carboxylic acids is 1. The van der Waals surface area contributed by atoms with E-state index in [1.165, 1.54) is 19.2 Å². The lowest BCUT2D eigenvalue weighted by Gasteiger charge is -2.42. The molecule has 41 heavy (non-hydrogen) atoms. The van der Waals surface area contributed by atoms with Crippen LogP contribution < -0.4 is 0 Å². The molecule has 1 aliphatic heterocycles. The summed E-state index contributed by atoms with van der Waals surface area (Å²) in [7, 11) is -1.99. The Morgan fingerprint density at radius 3 is 2.10 bits per heavy atom. The number of likely N-dealkylation sites (tertiary alicyclic amines) is 1. The third-order valence-corrected chi connectivity index (χ3v) is 8.29. The fourth-order valence-corrected chi connectivity index (χ4v) is 6.42. The molecule has 14 heteroatoms. The summed E-state index contributed by atoms with van der Waals surface area (Å²) >= 11 is 0. The molecule has 1 fully saturated rings. The first-order valence-electron chi connectivity index (χ1n) is 12.5. The molecule has 2 aromatic rings. The molecule has 230 valence electrons. The van der Waals surface area contributed by atoms with Crippen LogP contribution in [0.15, 0.2) is 36.4 Å². The number of rotatable bonds is 7. The summed E-state index contributed by atoms with van der Waals surface area (Å²) < 4.78 is 117. The van der Waals surface area contributed by atoms with Gasteiger partial charge in [-0.15, -0.1) is 12.4 Å². The Bertz CT molecular complexity index is 1320. The first kappa shape index (κ1) is 34.8. The predicted molar refractivity (Wildman–Crippen MR) is 143 cm³/mol. The van der Waals surface area contributed by atoms with Gasteiger partial charge in [-0.25, -0.2) is 12.8 Å². The van der Waals surface area contributed by atoms with E-state index in [0.29, 0.717) is 29.8 Å². The number of aryl methyl sites for hydroxylation is 1. The molecule has 1 heterocycles. The quantitative estimate of drug-likeness (QED) is 0.347. The van der Waals surface area contributed by atoms with Crippen LogP contribution in [-0.4, -0.2) is 62.3 Å². The molecular weight excluding hydrogens is 601 g/mol. The Hall–Kier alpha value is -2.38. The van der Waals surface area contributed by atoms with Crippen LogP contribution in [0.25, 0.3) is 0 Å². The Labute approximate surface area is 241 Å². The highest BCUT2D eigenvalue weighted by Gasteiger charge is 2.40. The smallest absolute Gasteiger partial charge is 0.341 e. The molecular formula is C27H32ClF7N2O3S. The van der Waals surface area contributed by atoms with Crippen molar-refractivity contribution >= 4 is 28.2 Å². The zero-order valence-corrected chi connectivity index (χ0v) is 24.4. The van der Waals surface area contributed by atoms with Gasteiger partial charge < -0.3 is 4.90 Å². The second-order valence-electron chi connectivity index (χ2n) is 10.5. The highest BCUT2D eigenvalue weighted by atomic mass is 35.5. The van der Waals surface area contributed by atoms with E-state index >= 15 is 0 Å². The molecule has 0 N–H and O–H groups in total. The van der Waals surface area contributed by atoms with Gasteiger partial charge in [0.15, 0.2) is 0 Å². The van der Waals surface area contributed by atoms with Crippen molar-refractivity contribution in [2.75, 3.05) is 32.1 Å². The summed E-state index contributed by atoms with van der Waals surface area (Å²) in [5.41, 5.74) is -2.04. The van der Waals surface area contributed by atoms with Crippen molar-refractivity contribution in [3.05, 3.63) is 70.0 Å². The van der Waals surface area contributed by atoms with E-state index in [-0.39, 0.29) is 48.8 Å². The molecule has 0 bridgehead atoms. The van der Waals surface area contributed by atoms with E-state index in [1.807, 2.05) is 4.90 Å². The topological polar surface area (TPSA) is 57.7 Å². The van der Waals surface area contributed by atoms with Crippen molar-refractivity contribution in [2.45, 2.75) is 51.1 Å². The average Bonchev–Trinajstić information content (AvgIpc) is 2.81. The molecule has 5 nitrogen and oxygen atoms in total.